The van der Waals surface area contributed by atoms with Gasteiger partial charge < -0.3 is 0 Å². The summed E-state index contributed by atoms with van der Waals surface area (Å²) in [5.41, 5.74) is 8.05. The highest BCUT2D eigenvalue weighted by molar-refractivity contribution is 14.1. The highest BCUT2D eigenvalue weighted by atomic mass is 127. The van der Waals surface area contributed by atoms with E-state index < -0.39 is 0 Å². The van der Waals surface area contributed by atoms with E-state index in [1.54, 1.807) is 0 Å². The maximum absolute atomic E-state index is 3.90. The number of hydrogen-bond donors (Lipinski definition) is 0. The molecule has 0 atom stereocenters. The third-order valence-electron chi connectivity index (χ3n) is 4.62. The second-order valence-corrected chi connectivity index (χ2v) is 7.22. The molecule has 0 bridgehead atoms. The molecule has 0 amide bonds. The Hall–Kier alpha value is -1.61. The number of allylic oxidation sites excluding steroid dienone is 5. The maximum Gasteiger partial charge on any atom is 0.0182 e. The van der Waals surface area contributed by atoms with Gasteiger partial charge in [0.2, 0.25) is 0 Å². The molecule has 0 nitrogen and oxygen atoms in total. The largest absolute Gasteiger partial charge is 0.0990 e. The van der Waals surface area contributed by atoms with E-state index in [2.05, 4.69) is 104 Å². The normalized spacial score (nSPS) is 19.1. The first-order valence-electron chi connectivity index (χ1n) is 7.89. The van der Waals surface area contributed by atoms with Crippen molar-refractivity contribution in [2.45, 2.75) is 19.3 Å². The van der Waals surface area contributed by atoms with Crippen molar-refractivity contribution in [2.24, 2.45) is 0 Å². The Morgan fingerprint density at radius 3 is 2.43 bits per heavy atom. The minimum absolute atomic E-state index is 0.0279. The van der Waals surface area contributed by atoms with Crippen LogP contribution in [0.2, 0.25) is 0 Å². The predicted molar refractivity (Wildman–Crippen MR) is 110 cm³/mol. The van der Waals surface area contributed by atoms with Crippen LogP contribution in [0.25, 0.3) is 16.7 Å². The molecule has 1 aliphatic carbocycles. The zero-order valence-corrected chi connectivity index (χ0v) is 15.8. The van der Waals surface area contributed by atoms with Gasteiger partial charge in [-0.05, 0) is 39.5 Å². The first kappa shape index (κ1) is 16.3. The lowest BCUT2D eigenvalue weighted by Gasteiger charge is -2.22. The molecule has 0 aromatic heterocycles. The fourth-order valence-corrected chi connectivity index (χ4v) is 3.91. The van der Waals surface area contributed by atoms with Crippen LogP contribution in [0.5, 0.6) is 0 Å². The van der Waals surface area contributed by atoms with Crippen LogP contribution in [-0.2, 0) is 5.41 Å². The van der Waals surface area contributed by atoms with Crippen molar-refractivity contribution in [3.63, 3.8) is 0 Å². The second-order valence-electron chi connectivity index (χ2n) is 6.34. The maximum atomic E-state index is 3.90. The van der Waals surface area contributed by atoms with Crippen LogP contribution in [0.15, 0.2) is 78.9 Å². The van der Waals surface area contributed by atoms with Crippen molar-refractivity contribution in [1.82, 2.24) is 0 Å². The van der Waals surface area contributed by atoms with E-state index in [0.717, 1.165) is 4.43 Å². The monoisotopic (exact) mass is 412 g/mol. The summed E-state index contributed by atoms with van der Waals surface area (Å²) in [5, 5.41) is 0. The molecule has 0 heterocycles. The number of alkyl halides is 1. The van der Waals surface area contributed by atoms with Crippen molar-refractivity contribution in [3.05, 3.63) is 90.0 Å². The number of hydrogen-bond acceptors (Lipinski definition) is 0. The molecular weight excluding hydrogens is 391 g/mol. The first-order valence-corrected chi connectivity index (χ1v) is 9.42. The third kappa shape index (κ3) is 2.83. The van der Waals surface area contributed by atoms with E-state index >= 15 is 0 Å². The topological polar surface area (TPSA) is 0 Å². The molecular formula is C22H21I. The lowest BCUT2D eigenvalue weighted by Crippen LogP contribution is -2.15. The van der Waals surface area contributed by atoms with Crippen LogP contribution in [0.1, 0.15) is 25.0 Å². The summed E-state index contributed by atoms with van der Waals surface area (Å²) in [4.78, 5) is 0. The van der Waals surface area contributed by atoms with Crippen molar-refractivity contribution in [3.8, 4) is 11.1 Å². The van der Waals surface area contributed by atoms with E-state index in [4.69, 9.17) is 0 Å². The van der Waals surface area contributed by atoms with Crippen LogP contribution in [0.4, 0.5) is 0 Å². The molecule has 1 aliphatic rings. The highest BCUT2D eigenvalue weighted by Gasteiger charge is 2.37. The minimum Gasteiger partial charge on any atom is -0.0990 e. The van der Waals surface area contributed by atoms with E-state index in [9.17, 15) is 0 Å². The smallest absolute Gasteiger partial charge is 0.0182 e. The molecule has 0 aliphatic heterocycles. The number of rotatable bonds is 3. The van der Waals surface area contributed by atoms with Crippen LogP contribution in [0, 0.1) is 0 Å². The summed E-state index contributed by atoms with van der Waals surface area (Å²) >= 11 is 2.42. The Kier molecular flexibility index (Phi) is 4.58. The molecule has 0 fully saturated rings. The zero-order valence-electron chi connectivity index (χ0n) is 13.6. The Morgan fingerprint density at radius 2 is 1.78 bits per heavy atom. The van der Waals surface area contributed by atoms with Gasteiger partial charge in [0.25, 0.3) is 0 Å². The Morgan fingerprint density at radius 1 is 1.04 bits per heavy atom. The molecule has 0 unspecified atom stereocenters. The summed E-state index contributed by atoms with van der Waals surface area (Å²) < 4.78 is 1.02. The SMILES string of the molecule is C=CC=C1/C(=C\CI)C(C)(C)c2cc(-c3ccccc3)ccc21. The number of benzene rings is 2. The zero-order chi connectivity index (χ0) is 16.4. The Labute approximate surface area is 152 Å². The molecule has 0 saturated heterocycles. The van der Waals surface area contributed by atoms with Crippen LogP contribution >= 0.6 is 22.6 Å². The van der Waals surface area contributed by atoms with Gasteiger partial charge in [-0.1, -0.05) is 104 Å². The number of fused-ring (bicyclic) bond motifs is 1. The summed E-state index contributed by atoms with van der Waals surface area (Å²) in [7, 11) is 0. The van der Waals surface area contributed by atoms with Gasteiger partial charge in [-0.3, -0.25) is 0 Å². The van der Waals surface area contributed by atoms with E-state index in [1.807, 2.05) is 6.08 Å². The predicted octanol–water partition coefficient (Wildman–Crippen LogP) is 6.58. The summed E-state index contributed by atoms with van der Waals surface area (Å²) in [5.74, 6) is 0. The Balaban J connectivity index is 2.21. The van der Waals surface area contributed by atoms with Crippen molar-refractivity contribution < 1.29 is 0 Å². The average molecular weight is 412 g/mol. The van der Waals surface area contributed by atoms with Gasteiger partial charge in [-0.25, -0.2) is 0 Å². The lowest BCUT2D eigenvalue weighted by atomic mass is 9.81. The van der Waals surface area contributed by atoms with Crippen LogP contribution in [0.3, 0.4) is 0 Å². The summed E-state index contributed by atoms with van der Waals surface area (Å²) in [6.07, 6.45) is 6.39. The second kappa shape index (κ2) is 6.48. The number of halogens is 1. The molecule has 0 N–H and O–H groups in total. The van der Waals surface area contributed by atoms with Gasteiger partial charge in [0.15, 0.2) is 0 Å². The van der Waals surface area contributed by atoms with Gasteiger partial charge in [0.1, 0.15) is 0 Å². The molecule has 3 rings (SSSR count). The van der Waals surface area contributed by atoms with Gasteiger partial charge in [0, 0.05) is 9.84 Å². The van der Waals surface area contributed by atoms with E-state index in [1.165, 1.54) is 33.4 Å². The fraction of sp³-hybridized carbons (Fsp3) is 0.182. The van der Waals surface area contributed by atoms with Crippen LogP contribution < -0.4 is 0 Å². The molecule has 116 valence electrons. The quantitative estimate of drug-likeness (QED) is 0.395. The first-order chi connectivity index (χ1) is 11.1. The van der Waals surface area contributed by atoms with Gasteiger partial charge in [-0.15, -0.1) is 0 Å². The standard InChI is InChI=1S/C22H21I/c1-4-8-18-19-12-11-17(16-9-6-5-7-10-16)15-21(19)22(2,3)20(18)13-14-23/h4-13,15H,1,14H2,2-3H3/b18-8?,20-13+. The molecule has 0 radical (unpaired) electrons. The summed E-state index contributed by atoms with van der Waals surface area (Å²) in [6.45, 7) is 8.54. The van der Waals surface area contributed by atoms with Crippen LogP contribution in [-0.4, -0.2) is 4.43 Å². The van der Waals surface area contributed by atoms with Gasteiger partial charge in [-0.2, -0.15) is 0 Å². The third-order valence-corrected chi connectivity index (χ3v) is 5.06. The highest BCUT2D eigenvalue weighted by Crippen LogP contribution is 2.50. The van der Waals surface area contributed by atoms with Gasteiger partial charge in [0.05, 0.1) is 0 Å². The van der Waals surface area contributed by atoms with E-state index in [-0.39, 0.29) is 5.41 Å². The molecule has 2 aromatic rings. The lowest BCUT2D eigenvalue weighted by molar-refractivity contribution is 0.660. The van der Waals surface area contributed by atoms with Crippen molar-refractivity contribution >= 4 is 28.2 Å². The molecule has 0 spiro atoms. The average Bonchev–Trinajstić information content (AvgIpc) is 2.77. The van der Waals surface area contributed by atoms with Crippen molar-refractivity contribution in [2.75, 3.05) is 4.43 Å². The van der Waals surface area contributed by atoms with E-state index in [0.29, 0.717) is 0 Å². The summed E-state index contributed by atoms with van der Waals surface area (Å²) in [6, 6.07) is 17.5. The Bertz CT molecular complexity index is 792. The van der Waals surface area contributed by atoms with Crippen molar-refractivity contribution in [1.29, 1.82) is 0 Å². The minimum atomic E-state index is 0.0279. The molecule has 2 aromatic carbocycles. The van der Waals surface area contributed by atoms with Gasteiger partial charge >= 0.3 is 0 Å². The fourth-order valence-electron chi connectivity index (χ4n) is 3.47. The molecule has 23 heavy (non-hydrogen) atoms. The molecule has 0 saturated carbocycles. The molecule has 1 heteroatoms.